The van der Waals surface area contributed by atoms with Gasteiger partial charge in [0, 0.05) is 12.7 Å². The predicted molar refractivity (Wildman–Crippen MR) is 88.9 cm³/mol. The second-order valence-electron chi connectivity index (χ2n) is 5.11. The molecule has 126 valence electrons. The van der Waals surface area contributed by atoms with E-state index in [-0.39, 0.29) is 17.4 Å². The Kier molecular flexibility index (Phi) is 6.31. The number of carbonyl (C=O) groups is 2. The van der Waals surface area contributed by atoms with Crippen LogP contribution in [-0.4, -0.2) is 29.5 Å². The summed E-state index contributed by atoms with van der Waals surface area (Å²) in [6.45, 7) is 4.01. The number of para-hydroxylation sites is 1. The van der Waals surface area contributed by atoms with Crippen LogP contribution in [0.25, 0.3) is 0 Å². The standard InChI is InChI=1S/C18H20N2O4/c1-3-11-19-16(21)13(2)23-18(22)15-10-7-12-20-17(15)24-14-8-5-4-6-9-14/h4-10,12-13H,3,11H2,1-2H3,(H,19,21)/t13-/m0/s1. The molecule has 0 saturated heterocycles. The summed E-state index contributed by atoms with van der Waals surface area (Å²) in [6.07, 6.45) is 1.44. The van der Waals surface area contributed by atoms with E-state index in [0.29, 0.717) is 12.3 Å². The molecular weight excluding hydrogens is 308 g/mol. The van der Waals surface area contributed by atoms with Gasteiger partial charge in [0.05, 0.1) is 0 Å². The van der Waals surface area contributed by atoms with Crippen LogP contribution in [0.4, 0.5) is 0 Å². The molecule has 1 aromatic carbocycles. The first-order chi connectivity index (χ1) is 11.6. The lowest BCUT2D eigenvalue weighted by Crippen LogP contribution is -2.36. The fraction of sp³-hybridized carbons (Fsp3) is 0.278. The number of carbonyl (C=O) groups excluding carboxylic acids is 2. The van der Waals surface area contributed by atoms with E-state index >= 15 is 0 Å². The monoisotopic (exact) mass is 328 g/mol. The summed E-state index contributed by atoms with van der Waals surface area (Å²) >= 11 is 0. The lowest BCUT2D eigenvalue weighted by Gasteiger charge is -2.14. The largest absolute Gasteiger partial charge is 0.449 e. The maximum Gasteiger partial charge on any atom is 0.344 e. The molecule has 0 radical (unpaired) electrons. The third-order valence-corrected chi connectivity index (χ3v) is 3.15. The average molecular weight is 328 g/mol. The molecule has 6 nitrogen and oxygen atoms in total. The first-order valence-corrected chi connectivity index (χ1v) is 7.78. The molecule has 0 aliphatic heterocycles. The van der Waals surface area contributed by atoms with Crippen LogP contribution >= 0.6 is 0 Å². The molecule has 1 amide bonds. The molecular formula is C18H20N2O4. The van der Waals surface area contributed by atoms with Gasteiger partial charge >= 0.3 is 5.97 Å². The van der Waals surface area contributed by atoms with E-state index in [1.54, 1.807) is 24.3 Å². The van der Waals surface area contributed by atoms with Crippen molar-refractivity contribution >= 4 is 11.9 Å². The van der Waals surface area contributed by atoms with Gasteiger partial charge in [0.1, 0.15) is 11.3 Å². The van der Waals surface area contributed by atoms with Crippen molar-refractivity contribution in [3.8, 4) is 11.6 Å². The Bertz CT molecular complexity index is 688. The first kappa shape index (κ1) is 17.5. The molecule has 2 aromatic rings. The maximum atomic E-state index is 12.3. The van der Waals surface area contributed by atoms with Crippen LogP contribution in [0, 0.1) is 0 Å². The fourth-order valence-corrected chi connectivity index (χ4v) is 1.90. The number of hydrogen-bond donors (Lipinski definition) is 1. The van der Waals surface area contributed by atoms with E-state index in [1.165, 1.54) is 13.1 Å². The number of nitrogens with zero attached hydrogens (tertiary/aromatic N) is 1. The zero-order chi connectivity index (χ0) is 17.4. The van der Waals surface area contributed by atoms with Gasteiger partial charge in [-0.3, -0.25) is 4.79 Å². The number of esters is 1. The molecule has 1 heterocycles. The highest BCUT2D eigenvalue weighted by molar-refractivity contribution is 5.94. The van der Waals surface area contributed by atoms with Crippen LogP contribution < -0.4 is 10.1 Å². The van der Waals surface area contributed by atoms with E-state index in [0.717, 1.165) is 6.42 Å². The molecule has 6 heteroatoms. The Hall–Kier alpha value is -2.89. The van der Waals surface area contributed by atoms with Gasteiger partial charge in [-0.15, -0.1) is 0 Å². The molecule has 0 aliphatic carbocycles. The van der Waals surface area contributed by atoms with Crippen molar-refractivity contribution in [3.63, 3.8) is 0 Å². The minimum Gasteiger partial charge on any atom is -0.449 e. The zero-order valence-electron chi connectivity index (χ0n) is 13.7. The second-order valence-corrected chi connectivity index (χ2v) is 5.11. The van der Waals surface area contributed by atoms with Gasteiger partial charge in [0.2, 0.25) is 5.88 Å². The van der Waals surface area contributed by atoms with E-state index in [4.69, 9.17) is 9.47 Å². The van der Waals surface area contributed by atoms with Crippen LogP contribution in [0.1, 0.15) is 30.6 Å². The molecule has 2 rings (SSSR count). The third kappa shape index (κ3) is 4.81. The van der Waals surface area contributed by atoms with Gasteiger partial charge in [-0.25, -0.2) is 9.78 Å². The molecule has 24 heavy (non-hydrogen) atoms. The summed E-state index contributed by atoms with van der Waals surface area (Å²) in [5.41, 5.74) is 0.163. The summed E-state index contributed by atoms with van der Waals surface area (Å²) in [4.78, 5) is 28.2. The quantitative estimate of drug-likeness (QED) is 0.791. The molecule has 0 saturated carbocycles. The fourth-order valence-electron chi connectivity index (χ4n) is 1.90. The van der Waals surface area contributed by atoms with Gasteiger partial charge in [0.15, 0.2) is 6.10 Å². The summed E-state index contributed by atoms with van der Waals surface area (Å²) in [7, 11) is 0. The van der Waals surface area contributed by atoms with Crippen LogP contribution in [0.15, 0.2) is 48.7 Å². The number of amides is 1. The van der Waals surface area contributed by atoms with Crippen molar-refractivity contribution in [2.24, 2.45) is 0 Å². The Morgan fingerprint density at radius 1 is 1.17 bits per heavy atom. The number of pyridine rings is 1. The number of ether oxygens (including phenoxy) is 2. The summed E-state index contributed by atoms with van der Waals surface area (Å²) in [6, 6.07) is 12.2. The Labute approximate surface area is 140 Å². The molecule has 0 unspecified atom stereocenters. The number of benzene rings is 1. The van der Waals surface area contributed by atoms with Crippen molar-refractivity contribution < 1.29 is 19.1 Å². The molecule has 0 spiro atoms. The average Bonchev–Trinajstić information content (AvgIpc) is 2.60. The van der Waals surface area contributed by atoms with E-state index in [1.807, 2.05) is 25.1 Å². The summed E-state index contributed by atoms with van der Waals surface area (Å²) < 4.78 is 10.8. The Morgan fingerprint density at radius 3 is 2.62 bits per heavy atom. The van der Waals surface area contributed by atoms with Gasteiger partial charge in [-0.2, -0.15) is 0 Å². The summed E-state index contributed by atoms with van der Waals surface area (Å²) in [5, 5.41) is 2.68. The van der Waals surface area contributed by atoms with Crippen molar-refractivity contribution in [1.82, 2.24) is 10.3 Å². The number of nitrogens with one attached hydrogen (secondary N) is 1. The number of aromatic nitrogens is 1. The van der Waals surface area contributed by atoms with Crippen molar-refractivity contribution in [1.29, 1.82) is 0 Å². The third-order valence-electron chi connectivity index (χ3n) is 3.15. The second kappa shape index (κ2) is 8.67. The van der Waals surface area contributed by atoms with Crippen LogP contribution in [0.2, 0.25) is 0 Å². The smallest absolute Gasteiger partial charge is 0.344 e. The molecule has 1 aromatic heterocycles. The molecule has 0 aliphatic rings. The van der Waals surface area contributed by atoms with Crippen LogP contribution in [-0.2, 0) is 9.53 Å². The lowest BCUT2D eigenvalue weighted by molar-refractivity contribution is -0.129. The Morgan fingerprint density at radius 2 is 1.92 bits per heavy atom. The van der Waals surface area contributed by atoms with Gasteiger partial charge in [0.25, 0.3) is 5.91 Å². The highest BCUT2D eigenvalue weighted by Gasteiger charge is 2.22. The van der Waals surface area contributed by atoms with Gasteiger partial charge < -0.3 is 14.8 Å². The SMILES string of the molecule is CCCNC(=O)[C@H](C)OC(=O)c1cccnc1Oc1ccccc1. The van der Waals surface area contributed by atoms with Crippen molar-refractivity contribution in [2.45, 2.75) is 26.4 Å². The van der Waals surface area contributed by atoms with E-state index in [9.17, 15) is 9.59 Å². The van der Waals surface area contributed by atoms with E-state index < -0.39 is 12.1 Å². The van der Waals surface area contributed by atoms with Gasteiger partial charge in [-0.05, 0) is 37.6 Å². The molecule has 1 N–H and O–H groups in total. The van der Waals surface area contributed by atoms with Gasteiger partial charge in [-0.1, -0.05) is 25.1 Å². The molecule has 0 bridgehead atoms. The normalized spacial score (nSPS) is 11.4. The highest BCUT2D eigenvalue weighted by atomic mass is 16.6. The Balaban J connectivity index is 2.08. The summed E-state index contributed by atoms with van der Waals surface area (Å²) in [5.74, 6) is -0.304. The van der Waals surface area contributed by atoms with E-state index in [2.05, 4.69) is 10.3 Å². The van der Waals surface area contributed by atoms with Crippen molar-refractivity contribution in [2.75, 3.05) is 6.54 Å². The minimum absolute atomic E-state index is 0.134. The maximum absolute atomic E-state index is 12.3. The molecule has 0 fully saturated rings. The zero-order valence-corrected chi connectivity index (χ0v) is 13.7. The van der Waals surface area contributed by atoms with Crippen LogP contribution in [0.3, 0.4) is 0 Å². The minimum atomic E-state index is -0.895. The molecule has 1 atom stereocenters. The van der Waals surface area contributed by atoms with Crippen molar-refractivity contribution in [3.05, 3.63) is 54.2 Å². The highest BCUT2D eigenvalue weighted by Crippen LogP contribution is 2.23. The predicted octanol–water partition coefficient (Wildman–Crippen LogP) is 2.95. The van der Waals surface area contributed by atoms with Crippen LogP contribution in [0.5, 0.6) is 11.6 Å². The number of rotatable bonds is 7. The topological polar surface area (TPSA) is 77.5 Å². The lowest BCUT2D eigenvalue weighted by atomic mass is 10.2. The number of hydrogen-bond acceptors (Lipinski definition) is 5. The first-order valence-electron chi connectivity index (χ1n) is 7.78.